The fourth-order valence-electron chi connectivity index (χ4n) is 3.96. The summed E-state index contributed by atoms with van der Waals surface area (Å²) in [6.07, 6.45) is 4.49. The van der Waals surface area contributed by atoms with E-state index in [4.69, 9.17) is 0 Å². The van der Waals surface area contributed by atoms with Crippen molar-refractivity contribution in [2.75, 3.05) is 18.4 Å². The largest absolute Gasteiger partial charge is 0.332 e. The molecule has 2 aliphatic rings. The molecule has 8 nitrogen and oxygen atoms in total. The molecule has 1 saturated carbocycles. The molecule has 1 atom stereocenters. The van der Waals surface area contributed by atoms with E-state index in [2.05, 4.69) is 15.6 Å². The SMILES string of the molecule is Cn1c(=O)c2cc(NC(=O)C3CC34CCNCC4)cnc2n(C)c1=O. The molecule has 1 aliphatic carbocycles. The third-order valence-electron chi connectivity index (χ3n) is 5.67. The Morgan fingerprint density at radius 1 is 1.28 bits per heavy atom. The van der Waals surface area contributed by atoms with Crippen molar-refractivity contribution in [2.45, 2.75) is 19.3 Å². The van der Waals surface area contributed by atoms with Crippen LogP contribution in [0.3, 0.4) is 0 Å². The van der Waals surface area contributed by atoms with Gasteiger partial charge in [0.1, 0.15) is 5.65 Å². The van der Waals surface area contributed by atoms with E-state index in [0.29, 0.717) is 16.7 Å². The van der Waals surface area contributed by atoms with Gasteiger partial charge in [-0.1, -0.05) is 0 Å². The van der Waals surface area contributed by atoms with Crippen LogP contribution in [0.25, 0.3) is 11.0 Å². The van der Waals surface area contributed by atoms with E-state index in [1.807, 2.05) is 0 Å². The first-order chi connectivity index (χ1) is 11.9. The van der Waals surface area contributed by atoms with E-state index in [1.54, 1.807) is 13.1 Å². The minimum atomic E-state index is -0.424. The number of hydrogen-bond donors (Lipinski definition) is 2. The zero-order valence-corrected chi connectivity index (χ0v) is 14.3. The van der Waals surface area contributed by atoms with Crippen LogP contribution in [0.4, 0.5) is 5.69 Å². The Morgan fingerprint density at radius 3 is 2.72 bits per heavy atom. The molecule has 1 saturated heterocycles. The Balaban J connectivity index is 1.62. The van der Waals surface area contributed by atoms with Crippen LogP contribution in [0.1, 0.15) is 19.3 Å². The van der Waals surface area contributed by atoms with Crippen LogP contribution in [0.2, 0.25) is 0 Å². The summed E-state index contributed by atoms with van der Waals surface area (Å²) in [6.45, 7) is 1.93. The number of aryl methyl sites for hydroxylation is 1. The maximum absolute atomic E-state index is 12.6. The number of carbonyl (C=O) groups is 1. The van der Waals surface area contributed by atoms with Crippen LogP contribution < -0.4 is 21.9 Å². The highest BCUT2D eigenvalue weighted by molar-refractivity contribution is 5.96. The average Bonchev–Trinajstić information content (AvgIpc) is 3.31. The molecule has 0 aromatic carbocycles. The zero-order chi connectivity index (χ0) is 17.8. The van der Waals surface area contributed by atoms with Crippen LogP contribution >= 0.6 is 0 Å². The van der Waals surface area contributed by atoms with Crippen LogP contribution in [0.5, 0.6) is 0 Å². The molecule has 1 unspecified atom stereocenters. The summed E-state index contributed by atoms with van der Waals surface area (Å²) in [5, 5.41) is 6.53. The Labute approximate surface area is 143 Å². The summed E-state index contributed by atoms with van der Waals surface area (Å²) in [7, 11) is 3.00. The first-order valence-corrected chi connectivity index (χ1v) is 8.50. The van der Waals surface area contributed by atoms with Crippen molar-refractivity contribution < 1.29 is 4.79 Å². The summed E-state index contributed by atoms with van der Waals surface area (Å²) in [5.41, 5.74) is 0.117. The second-order valence-corrected chi connectivity index (χ2v) is 7.16. The number of carbonyl (C=O) groups excluding carboxylic acids is 1. The molecule has 2 aromatic heterocycles. The minimum Gasteiger partial charge on any atom is -0.324 e. The molecule has 2 fully saturated rings. The molecule has 2 N–H and O–H groups in total. The molecule has 8 heteroatoms. The number of piperidine rings is 1. The quantitative estimate of drug-likeness (QED) is 0.797. The molecule has 1 aliphatic heterocycles. The Kier molecular flexibility index (Phi) is 3.54. The molecule has 0 radical (unpaired) electrons. The number of amides is 1. The van der Waals surface area contributed by atoms with Gasteiger partial charge in [-0.05, 0) is 43.8 Å². The number of rotatable bonds is 2. The predicted molar refractivity (Wildman–Crippen MR) is 93.5 cm³/mol. The molecule has 3 heterocycles. The average molecular weight is 343 g/mol. The van der Waals surface area contributed by atoms with Crippen LogP contribution in [0, 0.1) is 11.3 Å². The second kappa shape index (κ2) is 5.52. The maximum Gasteiger partial charge on any atom is 0.332 e. The van der Waals surface area contributed by atoms with Gasteiger partial charge in [-0.2, -0.15) is 0 Å². The van der Waals surface area contributed by atoms with Gasteiger partial charge in [-0.15, -0.1) is 0 Å². The van der Waals surface area contributed by atoms with Gasteiger partial charge in [0.05, 0.1) is 17.3 Å². The summed E-state index contributed by atoms with van der Waals surface area (Å²) in [5.74, 6) is 0.0259. The lowest BCUT2D eigenvalue weighted by molar-refractivity contribution is -0.118. The highest BCUT2D eigenvalue weighted by Crippen LogP contribution is 2.58. The van der Waals surface area contributed by atoms with E-state index < -0.39 is 11.2 Å². The fraction of sp³-hybridized carbons (Fsp3) is 0.529. The summed E-state index contributed by atoms with van der Waals surface area (Å²) in [4.78, 5) is 41.0. The molecule has 1 spiro atoms. The van der Waals surface area contributed by atoms with Gasteiger partial charge >= 0.3 is 5.69 Å². The topological polar surface area (TPSA) is 98.0 Å². The van der Waals surface area contributed by atoms with Crippen molar-refractivity contribution in [2.24, 2.45) is 25.4 Å². The fourth-order valence-corrected chi connectivity index (χ4v) is 3.96. The third kappa shape index (κ3) is 2.48. The maximum atomic E-state index is 12.6. The number of aromatic nitrogens is 3. The number of fused-ring (bicyclic) bond motifs is 1. The smallest absolute Gasteiger partial charge is 0.324 e. The second-order valence-electron chi connectivity index (χ2n) is 7.16. The van der Waals surface area contributed by atoms with Crippen molar-refractivity contribution in [3.05, 3.63) is 33.1 Å². The highest BCUT2D eigenvalue weighted by Gasteiger charge is 2.57. The van der Waals surface area contributed by atoms with Crippen LogP contribution in [-0.2, 0) is 18.9 Å². The van der Waals surface area contributed by atoms with Crippen LogP contribution in [0.15, 0.2) is 21.9 Å². The van der Waals surface area contributed by atoms with Crippen molar-refractivity contribution in [3.8, 4) is 0 Å². The zero-order valence-electron chi connectivity index (χ0n) is 14.3. The van der Waals surface area contributed by atoms with Gasteiger partial charge in [0, 0.05) is 20.0 Å². The molecular weight excluding hydrogens is 322 g/mol. The van der Waals surface area contributed by atoms with Crippen molar-refractivity contribution in [1.29, 1.82) is 0 Å². The molecule has 4 rings (SSSR count). The van der Waals surface area contributed by atoms with Crippen molar-refractivity contribution >= 4 is 22.6 Å². The Hall–Kier alpha value is -2.48. The number of nitrogens with one attached hydrogen (secondary N) is 2. The standard InChI is InChI=1S/C17H21N5O3/c1-21-13-11(15(24)22(2)16(21)25)7-10(9-19-13)20-14(23)12-8-17(12)3-5-18-6-4-17/h7,9,12,18H,3-6,8H2,1-2H3,(H,20,23). The lowest BCUT2D eigenvalue weighted by atomic mass is 9.92. The highest BCUT2D eigenvalue weighted by atomic mass is 16.2. The summed E-state index contributed by atoms with van der Waals surface area (Å²) < 4.78 is 2.37. The molecule has 132 valence electrons. The van der Waals surface area contributed by atoms with E-state index in [9.17, 15) is 14.4 Å². The molecule has 0 bridgehead atoms. The van der Waals surface area contributed by atoms with Gasteiger partial charge in [0.2, 0.25) is 5.91 Å². The number of hydrogen-bond acceptors (Lipinski definition) is 5. The van der Waals surface area contributed by atoms with Gasteiger partial charge in [0.15, 0.2) is 0 Å². The van der Waals surface area contributed by atoms with E-state index in [1.165, 1.54) is 17.8 Å². The first kappa shape index (κ1) is 16.0. The number of pyridine rings is 1. The first-order valence-electron chi connectivity index (χ1n) is 8.50. The summed E-state index contributed by atoms with van der Waals surface area (Å²) in [6, 6.07) is 1.60. The Bertz CT molecular complexity index is 984. The van der Waals surface area contributed by atoms with Gasteiger partial charge in [-0.25, -0.2) is 9.78 Å². The molecule has 1 amide bonds. The van der Waals surface area contributed by atoms with Gasteiger partial charge in [-0.3, -0.25) is 18.7 Å². The number of nitrogens with zero attached hydrogens (tertiary/aromatic N) is 3. The molecule has 25 heavy (non-hydrogen) atoms. The van der Waals surface area contributed by atoms with Crippen LogP contribution in [-0.4, -0.2) is 33.1 Å². The Morgan fingerprint density at radius 2 is 2.00 bits per heavy atom. The van der Waals surface area contributed by atoms with E-state index in [0.717, 1.165) is 36.9 Å². The lowest BCUT2D eigenvalue weighted by Gasteiger charge is -2.23. The van der Waals surface area contributed by atoms with E-state index >= 15 is 0 Å². The molecule has 2 aromatic rings. The number of anilines is 1. The summed E-state index contributed by atoms with van der Waals surface area (Å²) >= 11 is 0. The normalized spacial score (nSPS) is 21.4. The monoisotopic (exact) mass is 343 g/mol. The lowest BCUT2D eigenvalue weighted by Crippen LogP contribution is -2.37. The predicted octanol–water partition coefficient (Wildman–Crippen LogP) is -0.0396. The molecular formula is C17H21N5O3. The van der Waals surface area contributed by atoms with Gasteiger partial charge < -0.3 is 10.6 Å². The van der Waals surface area contributed by atoms with Crippen molar-refractivity contribution in [1.82, 2.24) is 19.4 Å². The third-order valence-corrected chi connectivity index (χ3v) is 5.67. The van der Waals surface area contributed by atoms with Gasteiger partial charge in [0.25, 0.3) is 5.56 Å². The minimum absolute atomic E-state index is 0.00954. The van der Waals surface area contributed by atoms with Crippen molar-refractivity contribution in [3.63, 3.8) is 0 Å². The van der Waals surface area contributed by atoms with E-state index in [-0.39, 0.29) is 17.2 Å².